The maximum atomic E-state index is 12.1. The number of aldehydes is 1. The topological polar surface area (TPSA) is 46.7 Å². The Bertz CT molecular complexity index is 377. The molecule has 3 nitrogen and oxygen atoms in total. The monoisotopic (exact) mass is 222 g/mol. The molecule has 0 amide bonds. The Morgan fingerprint density at radius 3 is 2.69 bits per heavy atom. The van der Waals surface area contributed by atoms with Gasteiger partial charge in [0.25, 0.3) is 0 Å². The van der Waals surface area contributed by atoms with Gasteiger partial charge in [-0.2, -0.15) is 0 Å². The lowest BCUT2D eigenvalue weighted by Gasteiger charge is -2.48. The van der Waals surface area contributed by atoms with Gasteiger partial charge in [0.1, 0.15) is 17.5 Å². The van der Waals surface area contributed by atoms with Gasteiger partial charge in [0.2, 0.25) is 0 Å². The van der Waals surface area contributed by atoms with Crippen molar-refractivity contribution in [1.82, 2.24) is 0 Å². The van der Waals surface area contributed by atoms with Gasteiger partial charge in [0.15, 0.2) is 6.29 Å². The molecular weight excluding hydrogens is 204 g/mol. The van der Waals surface area contributed by atoms with E-state index in [1.165, 1.54) is 0 Å². The SMILES string of the molecule is C[C@@]12CCC(=O)[C@@]1(C)CCCC21OC1C=O. The summed E-state index contributed by atoms with van der Waals surface area (Å²) in [5.41, 5.74) is -0.697. The van der Waals surface area contributed by atoms with Crippen molar-refractivity contribution in [2.24, 2.45) is 10.8 Å². The second kappa shape index (κ2) is 2.76. The zero-order valence-corrected chi connectivity index (χ0v) is 9.91. The zero-order chi connectivity index (χ0) is 11.6. The first kappa shape index (κ1) is 10.5. The molecule has 3 aliphatic rings. The number of ketones is 1. The summed E-state index contributed by atoms with van der Waals surface area (Å²) in [6.45, 7) is 4.23. The Morgan fingerprint density at radius 2 is 2.06 bits per heavy atom. The van der Waals surface area contributed by atoms with Crippen LogP contribution in [0, 0.1) is 10.8 Å². The smallest absolute Gasteiger partial charge is 0.151 e. The number of carbonyl (C=O) groups excluding carboxylic acids is 2. The van der Waals surface area contributed by atoms with Gasteiger partial charge < -0.3 is 9.53 Å². The summed E-state index contributed by atoms with van der Waals surface area (Å²) in [6.07, 6.45) is 5.09. The minimum atomic E-state index is -0.312. The number of hydrogen-bond donors (Lipinski definition) is 0. The predicted molar refractivity (Wildman–Crippen MR) is 58.0 cm³/mol. The van der Waals surface area contributed by atoms with Crippen LogP contribution in [0.4, 0.5) is 0 Å². The van der Waals surface area contributed by atoms with Crippen LogP contribution in [-0.4, -0.2) is 23.8 Å². The number of epoxide rings is 1. The molecule has 1 saturated heterocycles. The van der Waals surface area contributed by atoms with Crippen molar-refractivity contribution >= 4 is 12.1 Å². The summed E-state index contributed by atoms with van der Waals surface area (Å²) >= 11 is 0. The minimum absolute atomic E-state index is 0.124. The normalized spacial score (nSPS) is 55.1. The van der Waals surface area contributed by atoms with E-state index < -0.39 is 0 Å². The van der Waals surface area contributed by atoms with Gasteiger partial charge >= 0.3 is 0 Å². The lowest BCUT2D eigenvalue weighted by atomic mass is 9.53. The van der Waals surface area contributed by atoms with Gasteiger partial charge in [-0.15, -0.1) is 0 Å². The highest BCUT2D eigenvalue weighted by Crippen LogP contribution is 2.69. The summed E-state index contributed by atoms with van der Waals surface area (Å²) < 4.78 is 5.70. The molecular formula is C13H18O3. The number of fused-ring (bicyclic) bond motifs is 2. The predicted octanol–water partition coefficient (Wildman–Crippen LogP) is 1.88. The van der Waals surface area contributed by atoms with Crippen molar-refractivity contribution in [2.45, 2.75) is 57.7 Å². The number of carbonyl (C=O) groups is 2. The number of Topliss-reactive ketones (excluding diaryl/α,β-unsaturated/α-hetero) is 1. The van der Waals surface area contributed by atoms with E-state index in [-0.39, 0.29) is 22.5 Å². The molecule has 2 aliphatic carbocycles. The molecule has 3 fully saturated rings. The highest BCUT2D eigenvalue weighted by atomic mass is 16.6. The Balaban J connectivity index is 2.06. The van der Waals surface area contributed by atoms with Crippen LogP contribution in [0.15, 0.2) is 0 Å². The van der Waals surface area contributed by atoms with E-state index in [1.807, 2.05) is 0 Å². The maximum Gasteiger partial charge on any atom is 0.151 e. The van der Waals surface area contributed by atoms with Gasteiger partial charge in [-0.3, -0.25) is 4.79 Å². The molecule has 0 aromatic rings. The largest absolute Gasteiger partial charge is 0.357 e. The molecule has 0 aromatic carbocycles. The van der Waals surface area contributed by atoms with Crippen molar-refractivity contribution in [3.05, 3.63) is 0 Å². The van der Waals surface area contributed by atoms with Crippen LogP contribution in [0.25, 0.3) is 0 Å². The Hall–Kier alpha value is -0.700. The third kappa shape index (κ3) is 0.863. The van der Waals surface area contributed by atoms with Gasteiger partial charge in [0, 0.05) is 17.3 Å². The Morgan fingerprint density at radius 1 is 1.31 bits per heavy atom. The molecule has 0 N–H and O–H groups in total. The molecule has 2 saturated carbocycles. The summed E-state index contributed by atoms with van der Waals surface area (Å²) in [6, 6.07) is 0. The van der Waals surface area contributed by atoms with Gasteiger partial charge in [-0.1, -0.05) is 13.8 Å². The fourth-order valence-corrected chi connectivity index (χ4v) is 4.27. The van der Waals surface area contributed by atoms with Crippen LogP contribution in [0.2, 0.25) is 0 Å². The van der Waals surface area contributed by atoms with E-state index in [0.717, 1.165) is 32.0 Å². The van der Waals surface area contributed by atoms with Gasteiger partial charge in [0.05, 0.1) is 0 Å². The van der Waals surface area contributed by atoms with Crippen molar-refractivity contribution in [3.63, 3.8) is 0 Å². The summed E-state index contributed by atoms with van der Waals surface area (Å²) in [7, 11) is 0. The summed E-state index contributed by atoms with van der Waals surface area (Å²) in [5.74, 6) is 0.370. The molecule has 2 unspecified atom stereocenters. The fraction of sp³-hybridized carbons (Fsp3) is 0.846. The van der Waals surface area contributed by atoms with E-state index in [2.05, 4.69) is 13.8 Å². The maximum absolute atomic E-state index is 12.1. The van der Waals surface area contributed by atoms with Crippen LogP contribution in [0.1, 0.15) is 46.0 Å². The van der Waals surface area contributed by atoms with Crippen LogP contribution in [0.5, 0.6) is 0 Å². The lowest BCUT2D eigenvalue weighted by Crippen LogP contribution is -2.52. The third-order valence-corrected chi connectivity index (χ3v) is 5.71. The van der Waals surface area contributed by atoms with Crippen molar-refractivity contribution in [3.8, 4) is 0 Å². The second-order valence-electron chi connectivity index (χ2n) is 6.00. The Kier molecular flexibility index (Phi) is 1.80. The molecule has 0 radical (unpaired) electrons. The molecule has 0 aromatic heterocycles. The average Bonchev–Trinajstić information content (AvgIpc) is 2.92. The van der Waals surface area contributed by atoms with Crippen LogP contribution in [-0.2, 0) is 14.3 Å². The van der Waals surface area contributed by atoms with E-state index in [4.69, 9.17) is 4.74 Å². The summed E-state index contributed by atoms with van der Waals surface area (Å²) in [5, 5.41) is 0. The van der Waals surface area contributed by atoms with Gasteiger partial charge in [-0.05, 0) is 25.7 Å². The van der Waals surface area contributed by atoms with Crippen LogP contribution >= 0.6 is 0 Å². The van der Waals surface area contributed by atoms with Crippen LogP contribution < -0.4 is 0 Å². The van der Waals surface area contributed by atoms with E-state index in [1.54, 1.807) is 0 Å². The molecule has 0 bridgehead atoms. The van der Waals surface area contributed by atoms with E-state index in [0.29, 0.717) is 12.2 Å². The first-order chi connectivity index (χ1) is 7.50. The highest BCUT2D eigenvalue weighted by molar-refractivity contribution is 5.89. The first-order valence-corrected chi connectivity index (χ1v) is 6.17. The van der Waals surface area contributed by atoms with Crippen LogP contribution in [0.3, 0.4) is 0 Å². The average molecular weight is 222 g/mol. The standard InChI is InChI=1S/C13H18O3/c1-11-5-3-6-13(10(8-14)16-13)12(11,2)7-4-9(11)15/h8,10H,3-7H2,1-2H3/t10?,11-,12-,13?/m1/s1. The molecule has 1 spiro atoms. The van der Waals surface area contributed by atoms with E-state index >= 15 is 0 Å². The molecule has 1 heterocycles. The minimum Gasteiger partial charge on any atom is -0.357 e. The zero-order valence-electron chi connectivity index (χ0n) is 9.91. The molecule has 1 aliphatic heterocycles. The summed E-state index contributed by atoms with van der Waals surface area (Å²) in [4.78, 5) is 23.0. The number of hydrogen-bond acceptors (Lipinski definition) is 3. The van der Waals surface area contributed by atoms with Crippen molar-refractivity contribution in [1.29, 1.82) is 0 Å². The molecule has 88 valence electrons. The number of rotatable bonds is 1. The molecule has 3 heteroatoms. The highest BCUT2D eigenvalue weighted by Gasteiger charge is 2.75. The first-order valence-electron chi connectivity index (χ1n) is 6.17. The Labute approximate surface area is 95.5 Å². The quantitative estimate of drug-likeness (QED) is 0.502. The number of ether oxygens (including phenoxy) is 1. The molecule has 3 rings (SSSR count). The third-order valence-electron chi connectivity index (χ3n) is 5.71. The molecule has 4 atom stereocenters. The fourth-order valence-electron chi connectivity index (χ4n) is 4.27. The molecule has 16 heavy (non-hydrogen) atoms. The van der Waals surface area contributed by atoms with Gasteiger partial charge in [-0.25, -0.2) is 0 Å². The lowest BCUT2D eigenvalue weighted by molar-refractivity contribution is -0.135. The second-order valence-corrected chi connectivity index (χ2v) is 6.00. The van der Waals surface area contributed by atoms with Crippen molar-refractivity contribution in [2.75, 3.05) is 0 Å². The van der Waals surface area contributed by atoms with Crippen molar-refractivity contribution < 1.29 is 14.3 Å². The van der Waals surface area contributed by atoms with E-state index in [9.17, 15) is 9.59 Å².